The van der Waals surface area contributed by atoms with E-state index < -0.39 is 10.0 Å². The molecule has 8 heteroatoms. The average Bonchev–Trinajstić information content (AvgIpc) is 2.50. The molecule has 116 valence electrons. The predicted octanol–water partition coefficient (Wildman–Crippen LogP) is 3.91. The number of Topliss-reactive ketones (excluding diaryl/α,β-unsaturated/α-hetero) is 1. The molecule has 2 rings (SSSR count). The lowest BCUT2D eigenvalue weighted by atomic mass is 10.1. The quantitative estimate of drug-likeness (QED) is 0.615. The van der Waals surface area contributed by atoms with Crippen LogP contribution in [0.15, 0.2) is 47.4 Å². The molecule has 0 heterocycles. The van der Waals surface area contributed by atoms with Gasteiger partial charge in [0.25, 0.3) is 10.0 Å². The van der Waals surface area contributed by atoms with Crippen molar-refractivity contribution in [1.82, 2.24) is 0 Å². The number of hydrogen-bond donors (Lipinski definition) is 2. The Morgan fingerprint density at radius 1 is 1.09 bits per heavy atom. The van der Waals surface area contributed by atoms with Gasteiger partial charge in [0.15, 0.2) is 5.78 Å². The first-order valence-electron chi connectivity index (χ1n) is 6.05. The molecule has 0 unspecified atom stereocenters. The molecule has 4 nitrogen and oxygen atoms in total. The highest BCUT2D eigenvalue weighted by Crippen LogP contribution is 2.26. The topological polar surface area (TPSA) is 63.2 Å². The first kappa shape index (κ1) is 17.1. The minimum Gasteiger partial charge on any atom is -0.293 e. The highest BCUT2D eigenvalue weighted by molar-refractivity contribution is 7.92. The second kappa shape index (κ2) is 6.91. The Morgan fingerprint density at radius 2 is 1.82 bits per heavy atom. The van der Waals surface area contributed by atoms with E-state index in [1.807, 2.05) is 0 Å². The smallest absolute Gasteiger partial charge is 0.261 e. The van der Waals surface area contributed by atoms with Gasteiger partial charge in [-0.1, -0.05) is 35.3 Å². The normalized spacial score (nSPS) is 11.2. The molecule has 2 aromatic carbocycles. The van der Waals surface area contributed by atoms with Crippen LogP contribution in [0.2, 0.25) is 10.0 Å². The van der Waals surface area contributed by atoms with E-state index in [4.69, 9.17) is 23.2 Å². The first-order chi connectivity index (χ1) is 10.3. The van der Waals surface area contributed by atoms with Gasteiger partial charge < -0.3 is 0 Å². The molecular weight excluding hydrogens is 365 g/mol. The van der Waals surface area contributed by atoms with Crippen LogP contribution in [0.1, 0.15) is 10.4 Å². The van der Waals surface area contributed by atoms with Gasteiger partial charge in [-0.05, 0) is 30.3 Å². The Labute approximate surface area is 143 Å². The Morgan fingerprint density at radius 3 is 2.45 bits per heavy atom. The summed E-state index contributed by atoms with van der Waals surface area (Å²) in [5, 5.41) is 0.562. The molecule has 0 aliphatic rings. The molecule has 0 spiro atoms. The summed E-state index contributed by atoms with van der Waals surface area (Å²) in [7, 11) is -3.84. The van der Waals surface area contributed by atoms with Crippen LogP contribution in [0.3, 0.4) is 0 Å². The standard InChI is InChI=1S/C14H11Cl2NO3S2/c15-12-5-4-10(7-13(12)16)17-22(19,20)11-3-1-2-9(6-11)14(18)8-21/h1-7,17,21H,8H2. The zero-order valence-electron chi connectivity index (χ0n) is 11.1. The average molecular weight is 376 g/mol. The molecule has 0 amide bonds. The van der Waals surface area contributed by atoms with Crippen molar-refractivity contribution < 1.29 is 13.2 Å². The summed E-state index contributed by atoms with van der Waals surface area (Å²) in [5.74, 6) is -0.251. The summed E-state index contributed by atoms with van der Waals surface area (Å²) >= 11 is 15.5. The van der Waals surface area contributed by atoms with Crippen molar-refractivity contribution in [2.45, 2.75) is 4.90 Å². The van der Waals surface area contributed by atoms with Crippen molar-refractivity contribution in [3.63, 3.8) is 0 Å². The molecule has 0 aliphatic carbocycles. The van der Waals surface area contributed by atoms with Gasteiger partial charge in [-0.15, -0.1) is 0 Å². The van der Waals surface area contributed by atoms with Crippen molar-refractivity contribution in [2.24, 2.45) is 0 Å². The highest BCUT2D eigenvalue weighted by atomic mass is 35.5. The number of thiol groups is 1. The Balaban J connectivity index is 2.34. The van der Waals surface area contributed by atoms with Crippen molar-refractivity contribution in [3.8, 4) is 0 Å². The number of anilines is 1. The van der Waals surface area contributed by atoms with Crippen LogP contribution in [0.5, 0.6) is 0 Å². The number of carbonyl (C=O) groups is 1. The number of nitrogens with one attached hydrogen (secondary N) is 1. The lowest BCUT2D eigenvalue weighted by Crippen LogP contribution is -2.14. The fraction of sp³-hybridized carbons (Fsp3) is 0.0714. The van der Waals surface area contributed by atoms with E-state index >= 15 is 0 Å². The van der Waals surface area contributed by atoms with Crippen LogP contribution in [0.25, 0.3) is 0 Å². The molecule has 2 aromatic rings. The third-order valence-corrected chi connectivity index (χ3v) is 5.19. The summed E-state index contributed by atoms with van der Waals surface area (Å²) < 4.78 is 27.1. The maximum atomic E-state index is 12.3. The molecular formula is C14H11Cl2NO3S2. The first-order valence-corrected chi connectivity index (χ1v) is 8.92. The molecule has 0 atom stereocenters. The Kier molecular flexibility index (Phi) is 5.39. The predicted molar refractivity (Wildman–Crippen MR) is 91.9 cm³/mol. The maximum absolute atomic E-state index is 12.3. The number of benzene rings is 2. The third-order valence-electron chi connectivity index (χ3n) is 2.78. The summed E-state index contributed by atoms with van der Waals surface area (Å²) in [5.41, 5.74) is 0.562. The third kappa shape index (κ3) is 3.95. The number of hydrogen-bond acceptors (Lipinski definition) is 4. The summed E-state index contributed by atoms with van der Waals surface area (Å²) in [6.45, 7) is 0. The van der Waals surface area contributed by atoms with Gasteiger partial charge in [-0.2, -0.15) is 12.6 Å². The van der Waals surface area contributed by atoms with Gasteiger partial charge in [0.2, 0.25) is 0 Å². The van der Waals surface area contributed by atoms with Gasteiger partial charge in [0, 0.05) is 5.56 Å². The number of sulfonamides is 1. The second-order valence-corrected chi connectivity index (χ2v) is 7.16. The molecule has 0 radical (unpaired) electrons. The zero-order chi connectivity index (χ0) is 16.3. The van der Waals surface area contributed by atoms with Crippen LogP contribution in [-0.2, 0) is 10.0 Å². The Bertz CT molecular complexity index is 823. The number of carbonyl (C=O) groups excluding carboxylic acids is 1. The van der Waals surface area contributed by atoms with E-state index in [0.29, 0.717) is 5.02 Å². The van der Waals surface area contributed by atoms with Crippen LogP contribution in [-0.4, -0.2) is 20.0 Å². The Hall–Kier alpha value is -1.21. The molecule has 0 fully saturated rings. The fourth-order valence-corrected chi connectivity index (χ4v) is 3.28. The summed E-state index contributed by atoms with van der Waals surface area (Å²) in [6, 6.07) is 10.1. The number of rotatable bonds is 5. The molecule has 0 aliphatic heterocycles. The largest absolute Gasteiger partial charge is 0.293 e. The van der Waals surface area contributed by atoms with Crippen molar-refractivity contribution >= 4 is 57.3 Å². The second-order valence-electron chi connectivity index (χ2n) is 4.34. The monoisotopic (exact) mass is 375 g/mol. The van der Waals surface area contributed by atoms with E-state index in [1.54, 1.807) is 0 Å². The lowest BCUT2D eigenvalue weighted by Gasteiger charge is -2.09. The molecule has 0 saturated heterocycles. The van der Waals surface area contributed by atoms with Crippen LogP contribution in [0.4, 0.5) is 5.69 Å². The van der Waals surface area contributed by atoms with E-state index in [1.165, 1.54) is 42.5 Å². The van der Waals surface area contributed by atoms with Gasteiger partial charge in [0.1, 0.15) is 0 Å². The SMILES string of the molecule is O=C(CS)c1cccc(S(=O)(=O)Nc2ccc(Cl)c(Cl)c2)c1. The maximum Gasteiger partial charge on any atom is 0.261 e. The van der Waals surface area contributed by atoms with Gasteiger partial charge in [-0.3, -0.25) is 9.52 Å². The van der Waals surface area contributed by atoms with Crippen LogP contribution in [0, 0.1) is 0 Å². The molecule has 0 aromatic heterocycles. The van der Waals surface area contributed by atoms with Gasteiger partial charge in [0.05, 0.1) is 26.4 Å². The molecule has 0 saturated carbocycles. The highest BCUT2D eigenvalue weighted by Gasteiger charge is 2.16. The van der Waals surface area contributed by atoms with Crippen molar-refractivity contribution in [2.75, 3.05) is 10.5 Å². The number of ketones is 1. The molecule has 1 N–H and O–H groups in total. The van der Waals surface area contributed by atoms with E-state index in [0.717, 1.165) is 0 Å². The van der Waals surface area contributed by atoms with Gasteiger partial charge >= 0.3 is 0 Å². The van der Waals surface area contributed by atoms with Gasteiger partial charge in [-0.25, -0.2) is 8.42 Å². The lowest BCUT2D eigenvalue weighted by molar-refractivity contribution is 0.102. The molecule has 0 bridgehead atoms. The van der Waals surface area contributed by atoms with Crippen LogP contribution >= 0.6 is 35.8 Å². The minimum atomic E-state index is -3.84. The summed E-state index contributed by atoms with van der Waals surface area (Å²) in [4.78, 5) is 11.6. The van der Waals surface area contributed by atoms with Crippen molar-refractivity contribution in [1.29, 1.82) is 0 Å². The van der Waals surface area contributed by atoms with Crippen LogP contribution < -0.4 is 4.72 Å². The number of halogens is 2. The summed E-state index contributed by atoms with van der Waals surface area (Å²) in [6.07, 6.45) is 0. The fourth-order valence-electron chi connectivity index (χ4n) is 1.70. The van der Waals surface area contributed by atoms with E-state index in [-0.39, 0.29) is 32.7 Å². The minimum absolute atomic E-state index is 0.00369. The van der Waals surface area contributed by atoms with E-state index in [2.05, 4.69) is 17.4 Å². The van der Waals surface area contributed by atoms with Crippen molar-refractivity contribution in [3.05, 3.63) is 58.1 Å². The van der Waals surface area contributed by atoms with E-state index in [9.17, 15) is 13.2 Å². The molecule has 22 heavy (non-hydrogen) atoms. The zero-order valence-corrected chi connectivity index (χ0v) is 14.3.